The van der Waals surface area contributed by atoms with Gasteiger partial charge in [-0.05, 0) is 54.0 Å². The van der Waals surface area contributed by atoms with Crippen LogP contribution in [0.5, 0.6) is 5.75 Å². The molecule has 0 radical (unpaired) electrons. The molecule has 0 saturated carbocycles. The summed E-state index contributed by atoms with van der Waals surface area (Å²) in [5.74, 6) is 0.755. The Kier molecular flexibility index (Phi) is 6.45. The van der Waals surface area contributed by atoms with Gasteiger partial charge in [0.05, 0.1) is 17.8 Å². The highest BCUT2D eigenvalue weighted by Gasteiger charge is 2.11. The van der Waals surface area contributed by atoms with Gasteiger partial charge in [-0.1, -0.05) is 53.5 Å². The molecule has 0 unspecified atom stereocenters. The van der Waals surface area contributed by atoms with Crippen molar-refractivity contribution in [1.82, 2.24) is 4.57 Å². The smallest absolute Gasteiger partial charge is 0.269 e. The number of anilines is 1. The fourth-order valence-corrected chi connectivity index (χ4v) is 3.39. The van der Waals surface area contributed by atoms with Gasteiger partial charge >= 0.3 is 0 Å². The Morgan fingerprint density at radius 3 is 2.50 bits per heavy atom. The Morgan fingerprint density at radius 1 is 1.04 bits per heavy atom. The minimum absolute atomic E-state index is 0.0980. The van der Waals surface area contributed by atoms with Gasteiger partial charge in [0.2, 0.25) is 0 Å². The zero-order chi connectivity index (χ0) is 20.1. The number of rotatable bonds is 6. The van der Waals surface area contributed by atoms with Crippen molar-refractivity contribution in [1.29, 1.82) is 0 Å². The zero-order valence-corrected chi connectivity index (χ0v) is 16.9. The number of nitrogens with two attached hydrogens (primary N) is 1. The first-order valence-corrected chi connectivity index (χ1v) is 9.49. The van der Waals surface area contributed by atoms with Crippen molar-refractivity contribution in [3.05, 3.63) is 91.8 Å². The maximum atomic E-state index is 12.6. The summed E-state index contributed by atoms with van der Waals surface area (Å²) in [7, 11) is 1.62. The molecule has 0 atom stereocenters. The number of nitrogen functional groups attached to an aromatic ring is 1. The second-order valence-electron chi connectivity index (χ2n) is 6.28. The minimum Gasteiger partial charge on any atom is -0.497 e. The normalized spacial score (nSPS) is 11.1. The average molecular weight is 415 g/mol. The lowest BCUT2D eigenvalue weighted by atomic mass is 10.1. The Bertz CT molecular complexity index is 1060. The molecule has 6 heteroatoms. The lowest BCUT2D eigenvalue weighted by molar-refractivity contribution is 0.414. The molecule has 0 saturated heterocycles. The lowest BCUT2D eigenvalue weighted by Crippen LogP contribution is -2.24. The summed E-state index contributed by atoms with van der Waals surface area (Å²) in [5.41, 5.74) is 8.77. The van der Waals surface area contributed by atoms with E-state index in [0.29, 0.717) is 29.4 Å². The number of halogens is 2. The number of ether oxygens (including phenoxy) is 1. The van der Waals surface area contributed by atoms with Crippen LogP contribution in [0.4, 0.5) is 5.69 Å². The third-order valence-electron chi connectivity index (χ3n) is 4.37. The van der Waals surface area contributed by atoms with Crippen LogP contribution >= 0.6 is 23.2 Å². The van der Waals surface area contributed by atoms with Crippen LogP contribution in [0.2, 0.25) is 10.0 Å². The van der Waals surface area contributed by atoms with Gasteiger partial charge in [0.1, 0.15) is 10.8 Å². The first-order valence-electron chi connectivity index (χ1n) is 8.73. The molecule has 1 aromatic heterocycles. The van der Waals surface area contributed by atoms with E-state index >= 15 is 0 Å². The lowest BCUT2D eigenvalue weighted by Gasteiger charge is -2.13. The molecule has 0 amide bonds. The molecule has 0 bridgehead atoms. The standard InChI is InChI=1S/C22H20Cl2N2O2/c1-28-18-4-2-3-16(13-18)7-10-21-19(23)14-20(24)22(27)26(21)12-11-15-5-8-17(25)9-6-15/h2-10,13-14H,11-12,25H2,1H3/b10-7+. The number of pyridine rings is 1. The van der Waals surface area contributed by atoms with Gasteiger partial charge in [0.25, 0.3) is 5.56 Å². The van der Waals surface area contributed by atoms with Crippen LogP contribution in [0.3, 0.4) is 0 Å². The van der Waals surface area contributed by atoms with E-state index in [9.17, 15) is 4.79 Å². The Hall–Kier alpha value is -2.69. The van der Waals surface area contributed by atoms with E-state index in [1.807, 2.05) is 60.7 Å². The third-order valence-corrected chi connectivity index (χ3v) is 4.94. The molecule has 1 heterocycles. The van der Waals surface area contributed by atoms with Crippen molar-refractivity contribution in [3.63, 3.8) is 0 Å². The minimum atomic E-state index is -0.271. The van der Waals surface area contributed by atoms with E-state index in [-0.39, 0.29) is 10.6 Å². The maximum Gasteiger partial charge on any atom is 0.269 e. The van der Waals surface area contributed by atoms with Crippen LogP contribution in [-0.2, 0) is 13.0 Å². The van der Waals surface area contributed by atoms with E-state index in [1.54, 1.807) is 11.7 Å². The van der Waals surface area contributed by atoms with Crippen LogP contribution < -0.4 is 16.0 Å². The SMILES string of the molecule is COc1cccc(/C=C/c2c(Cl)cc(Cl)c(=O)n2CCc2ccc(N)cc2)c1. The summed E-state index contributed by atoms with van der Waals surface area (Å²) >= 11 is 12.5. The van der Waals surface area contributed by atoms with Crippen LogP contribution in [0.25, 0.3) is 12.2 Å². The zero-order valence-electron chi connectivity index (χ0n) is 15.4. The molecule has 0 fully saturated rings. The first-order chi connectivity index (χ1) is 13.5. The summed E-state index contributed by atoms with van der Waals surface area (Å²) in [6, 6.07) is 16.7. The predicted molar refractivity (Wildman–Crippen MR) is 117 cm³/mol. The van der Waals surface area contributed by atoms with Crippen LogP contribution in [0, 0.1) is 0 Å². The first kappa shape index (κ1) is 20.1. The molecule has 3 aromatic rings. The van der Waals surface area contributed by atoms with Gasteiger partial charge in [-0.15, -0.1) is 0 Å². The Labute approximate surface area is 173 Å². The van der Waals surface area contributed by atoms with Crippen LogP contribution in [0.1, 0.15) is 16.8 Å². The molecule has 3 rings (SSSR count). The van der Waals surface area contributed by atoms with Crippen LogP contribution in [0.15, 0.2) is 59.4 Å². The number of aromatic nitrogens is 1. The predicted octanol–water partition coefficient (Wildman–Crippen LogP) is 5.16. The Morgan fingerprint density at radius 2 is 1.79 bits per heavy atom. The molecule has 0 aliphatic rings. The van der Waals surface area contributed by atoms with Gasteiger partial charge in [-0.3, -0.25) is 4.79 Å². The number of hydrogen-bond acceptors (Lipinski definition) is 3. The van der Waals surface area contributed by atoms with Gasteiger partial charge in [-0.2, -0.15) is 0 Å². The van der Waals surface area contributed by atoms with Crippen molar-refractivity contribution in [3.8, 4) is 5.75 Å². The fraction of sp³-hybridized carbons (Fsp3) is 0.136. The Balaban J connectivity index is 1.93. The molecule has 2 aromatic carbocycles. The molecule has 4 nitrogen and oxygen atoms in total. The van der Waals surface area contributed by atoms with E-state index in [4.69, 9.17) is 33.7 Å². The van der Waals surface area contributed by atoms with Crippen molar-refractivity contribution >= 4 is 41.0 Å². The van der Waals surface area contributed by atoms with E-state index in [0.717, 1.165) is 16.9 Å². The molecule has 0 aliphatic heterocycles. The van der Waals surface area contributed by atoms with E-state index in [2.05, 4.69) is 0 Å². The summed E-state index contributed by atoms with van der Waals surface area (Å²) in [5, 5.41) is 0.516. The topological polar surface area (TPSA) is 57.2 Å². The summed E-state index contributed by atoms with van der Waals surface area (Å²) < 4.78 is 6.84. The van der Waals surface area contributed by atoms with Crippen molar-refractivity contribution in [2.45, 2.75) is 13.0 Å². The number of aryl methyl sites for hydroxylation is 1. The highest BCUT2D eigenvalue weighted by Crippen LogP contribution is 2.22. The number of benzene rings is 2. The summed E-state index contributed by atoms with van der Waals surface area (Å²) in [6.07, 6.45) is 4.35. The van der Waals surface area contributed by atoms with Crippen molar-refractivity contribution in [2.75, 3.05) is 12.8 Å². The average Bonchev–Trinajstić information content (AvgIpc) is 2.70. The highest BCUT2D eigenvalue weighted by molar-refractivity contribution is 6.35. The largest absolute Gasteiger partial charge is 0.497 e. The number of nitrogens with zero attached hydrogens (tertiary/aromatic N) is 1. The van der Waals surface area contributed by atoms with Crippen molar-refractivity contribution < 1.29 is 4.74 Å². The molecule has 144 valence electrons. The maximum absolute atomic E-state index is 12.6. The highest BCUT2D eigenvalue weighted by atomic mass is 35.5. The quantitative estimate of drug-likeness (QED) is 0.566. The molecule has 0 aliphatic carbocycles. The van der Waals surface area contributed by atoms with Crippen molar-refractivity contribution in [2.24, 2.45) is 0 Å². The summed E-state index contributed by atoms with van der Waals surface area (Å²) in [6.45, 7) is 0.445. The van der Waals surface area contributed by atoms with Crippen LogP contribution in [-0.4, -0.2) is 11.7 Å². The van der Waals surface area contributed by atoms with E-state index < -0.39 is 0 Å². The molecular weight excluding hydrogens is 395 g/mol. The summed E-state index contributed by atoms with van der Waals surface area (Å²) in [4.78, 5) is 12.6. The second kappa shape index (κ2) is 9.00. The molecule has 0 spiro atoms. The number of methoxy groups -OCH3 is 1. The molecular formula is C22H20Cl2N2O2. The monoisotopic (exact) mass is 414 g/mol. The van der Waals surface area contributed by atoms with Gasteiger partial charge in [0, 0.05) is 12.2 Å². The second-order valence-corrected chi connectivity index (χ2v) is 7.10. The fourth-order valence-electron chi connectivity index (χ4n) is 2.85. The molecule has 28 heavy (non-hydrogen) atoms. The number of hydrogen-bond donors (Lipinski definition) is 1. The van der Waals surface area contributed by atoms with Gasteiger partial charge in [-0.25, -0.2) is 0 Å². The van der Waals surface area contributed by atoms with E-state index in [1.165, 1.54) is 6.07 Å². The third kappa shape index (κ3) is 4.77. The van der Waals surface area contributed by atoms with Gasteiger partial charge in [0.15, 0.2) is 0 Å². The van der Waals surface area contributed by atoms with Gasteiger partial charge < -0.3 is 15.0 Å². The molecule has 2 N–H and O–H groups in total.